The molecule has 3 fully saturated rings. The summed E-state index contributed by atoms with van der Waals surface area (Å²) in [4.78, 5) is 26.6. The number of hydrogen-bond acceptors (Lipinski definition) is 5. The summed E-state index contributed by atoms with van der Waals surface area (Å²) in [7, 11) is 0. The first kappa shape index (κ1) is 21.3. The van der Waals surface area contributed by atoms with Gasteiger partial charge in [-0.15, -0.1) is 0 Å². The topological polar surface area (TPSA) is 63.7 Å². The third-order valence-corrected chi connectivity index (χ3v) is 6.05. The molecule has 0 aliphatic carbocycles. The smallest absolute Gasteiger partial charge is 0.239 e. The van der Waals surface area contributed by atoms with Gasteiger partial charge in [-0.2, -0.15) is 0 Å². The number of nitrogens with zero attached hydrogens (tertiary/aromatic N) is 5. The molecule has 0 aromatic heterocycles. The van der Waals surface area contributed by atoms with Crippen LogP contribution in [0.25, 0.3) is 0 Å². The van der Waals surface area contributed by atoms with E-state index < -0.39 is 0 Å². The third-order valence-electron chi connectivity index (χ3n) is 6.05. The zero-order valence-electron chi connectivity index (χ0n) is 17.7. The Morgan fingerprint density at radius 1 is 1.00 bits per heavy atom. The standard InChI is InChI=1S/C20H38N6O2/c1-3-21-20(22-6-9-23-14-16-28-17-15-23)26-12-10-24(11-13-26)18(2)19(27)25-7-4-5-8-25/h18H,3-17H2,1-2H3,(H,21,22). The molecule has 3 heterocycles. The lowest BCUT2D eigenvalue weighted by Gasteiger charge is -2.39. The molecule has 1 unspecified atom stereocenters. The lowest BCUT2D eigenvalue weighted by molar-refractivity contribution is -0.135. The fourth-order valence-electron chi connectivity index (χ4n) is 4.23. The van der Waals surface area contributed by atoms with Crippen molar-refractivity contribution in [3.05, 3.63) is 0 Å². The fraction of sp³-hybridized carbons (Fsp3) is 0.900. The molecule has 0 aromatic rings. The van der Waals surface area contributed by atoms with Gasteiger partial charge >= 0.3 is 0 Å². The maximum atomic E-state index is 12.7. The molecule has 8 heteroatoms. The Balaban J connectivity index is 1.46. The highest BCUT2D eigenvalue weighted by Gasteiger charge is 2.30. The average molecular weight is 395 g/mol. The molecule has 1 atom stereocenters. The molecule has 0 saturated carbocycles. The van der Waals surface area contributed by atoms with Crippen LogP contribution in [-0.4, -0.2) is 123 Å². The summed E-state index contributed by atoms with van der Waals surface area (Å²) in [6.07, 6.45) is 2.30. The largest absolute Gasteiger partial charge is 0.379 e. The SMILES string of the molecule is CCNC(=NCCN1CCOCC1)N1CCN(C(C)C(=O)N2CCCC2)CC1. The van der Waals surface area contributed by atoms with Crippen LogP contribution in [0, 0.1) is 0 Å². The van der Waals surface area contributed by atoms with Crippen molar-refractivity contribution >= 4 is 11.9 Å². The van der Waals surface area contributed by atoms with Gasteiger partial charge in [0.05, 0.1) is 25.8 Å². The van der Waals surface area contributed by atoms with Gasteiger partial charge in [0, 0.05) is 65.4 Å². The van der Waals surface area contributed by atoms with E-state index in [-0.39, 0.29) is 6.04 Å². The molecule has 3 rings (SSSR count). The molecule has 28 heavy (non-hydrogen) atoms. The van der Waals surface area contributed by atoms with Gasteiger partial charge in [0.2, 0.25) is 5.91 Å². The molecule has 3 aliphatic heterocycles. The van der Waals surface area contributed by atoms with Crippen LogP contribution in [0.5, 0.6) is 0 Å². The number of hydrogen-bond donors (Lipinski definition) is 1. The van der Waals surface area contributed by atoms with Gasteiger partial charge in [-0.05, 0) is 26.7 Å². The molecule has 3 aliphatic rings. The first-order valence-corrected chi connectivity index (χ1v) is 11.0. The van der Waals surface area contributed by atoms with E-state index >= 15 is 0 Å². The number of carbonyl (C=O) groups excluding carboxylic acids is 1. The highest BCUT2D eigenvalue weighted by Crippen LogP contribution is 2.14. The van der Waals surface area contributed by atoms with Crippen molar-refractivity contribution in [1.82, 2.24) is 24.9 Å². The van der Waals surface area contributed by atoms with Crippen molar-refractivity contribution in [1.29, 1.82) is 0 Å². The lowest BCUT2D eigenvalue weighted by atomic mass is 10.2. The van der Waals surface area contributed by atoms with E-state index in [1.807, 2.05) is 4.90 Å². The molecule has 8 nitrogen and oxygen atoms in total. The van der Waals surface area contributed by atoms with E-state index in [1.54, 1.807) is 0 Å². The quantitative estimate of drug-likeness (QED) is 0.502. The first-order valence-electron chi connectivity index (χ1n) is 11.0. The third kappa shape index (κ3) is 5.81. The van der Waals surface area contributed by atoms with Crippen molar-refractivity contribution < 1.29 is 9.53 Å². The summed E-state index contributed by atoms with van der Waals surface area (Å²) in [6, 6.07) is -0.0129. The van der Waals surface area contributed by atoms with Crippen molar-refractivity contribution in [3.8, 4) is 0 Å². The van der Waals surface area contributed by atoms with Crippen LogP contribution in [0.15, 0.2) is 4.99 Å². The number of amides is 1. The van der Waals surface area contributed by atoms with Crippen LogP contribution in [0.1, 0.15) is 26.7 Å². The van der Waals surface area contributed by atoms with Gasteiger partial charge in [-0.1, -0.05) is 0 Å². The maximum absolute atomic E-state index is 12.7. The average Bonchev–Trinajstić information content (AvgIpc) is 3.28. The second-order valence-electron chi connectivity index (χ2n) is 7.92. The number of guanidine groups is 1. The predicted molar refractivity (Wildman–Crippen MR) is 112 cm³/mol. The molecule has 0 radical (unpaired) electrons. The van der Waals surface area contributed by atoms with Crippen LogP contribution < -0.4 is 5.32 Å². The molecule has 1 N–H and O–H groups in total. The van der Waals surface area contributed by atoms with Gasteiger partial charge < -0.3 is 19.9 Å². The first-order chi connectivity index (χ1) is 13.7. The van der Waals surface area contributed by atoms with E-state index in [9.17, 15) is 4.79 Å². The van der Waals surface area contributed by atoms with E-state index in [2.05, 4.69) is 33.9 Å². The van der Waals surface area contributed by atoms with Gasteiger partial charge in [0.1, 0.15) is 0 Å². The van der Waals surface area contributed by atoms with Crippen molar-refractivity contribution in [2.45, 2.75) is 32.7 Å². The second-order valence-corrected chi connectivity index (χ2v) is 7.92. The summed E-state index contributed by atoms with van der Waals surface area (Å²) in [5, 5.41) is 3.44. The van der Waals surface area contributed by atoms with Crippen LogP contribution in [0.4, 0.5) is 0 Å². The van der Waals surface area contributed by atoms with E-state index in [1.165, 1.54) is 0 Å². The number of piperazine rings is 1. The van der Waals surface area contributed by atoms with Gasteiger partial charge in [-0.3, -0.25) is 19.6 Å². The molecule has 3 saturated heterocycles. The minimum absolute atomic E-state index is 0.0129. The molecule has 0 aromatic carbocycles. The molecule has 160 valence electrons. The highest BCUT2D eigenvalue weighted by molar-refractivity contribution is 5.82. The van der Waals surface area contributed by atoms with E-state index in [0.29, 0.717) is 5.91 Å². The Morgan fingerprint density at radius 3 is 2.32 bits per heavy atom. The lowest BCUT2D eigenvalue weighted by Crippen LogP contribution is -2.57. The highest BCUT2D eigenvalue weighted by atomic mass is 16.5. The number of likely N-dealkylation sites (tertiary alicyclic amines) is 1. The molecule has 1 amide bonds. The zero-order valence-corrected chi connectivity index (χ0v) is 17.7. The van der Waals surface area contributed by atoms with Crippen LogP contribution in [0.3, 0.4) is 0 Å². The Hall–Kier alpha value is -1.38. The second kappa shape index (κ2) is 11.0. The summed E-state index contributed by atoms with van der Waals surface area (Å²) < 4.78 is 5.41. The minimum Gasteiger partial charge on any atom is -0.379 e. The Kier molecular flexibility index (Phi) is 8.36. The number of nitrogens with one attached hydrogen (secondary N) is 1. The van der Waals surface area contributed by atoms with E-state index in [4.69, 9.17) is 9.73 Å². The summed E-state index contributed by atoms with van der Waals surface area (Å²) >= 11 is 0. The van der Waals surface area contributed by atoms with Crippen LogP contribution >= 0.6 is 0 Å². The zero-order chi connectivity index (χ0) is 19.8. The number of rotatable bonds is 6. The Morgan fingerprint density at radius 2 is 1.68 bits per heavy atom. The Labute approximate surface area is 169 Å². The van der Waals surface area contributed by atoms with Crippen LogP contribution in [0.2, 0.25) is 0 Å². The molecular weight excluding hydrogens is 356 g/mol. The maximum Gasteiger partial charge on any atom is 0.239 e. The van der Waals surface area contributed by atoms with Gasteiger partial charge in [0.25, 0.3) is 0 Å². The molecule has 0 bridgehead atoms. The van der Waals surface area contributed by atoms with Gasteiger partial charge in [0.15, 0.2) is 5.96 Å². The van der Waals surface area contributed by atoms with Gasteiger partial charge in [-0.25, -0.2) is 0 Å². The van der Waals surface area contributed by atoms with Crippen molar-refractivity contribution in [2.24, 2.45) is 4.99 Å². The number of morpholine rings is 1. The molecular formula is C20H38N6O2. The van der Waals surface area contributed by atoms with Crippen LogP contribution in [-0.2, 0) is 9.53 Å². The number of aliphatic imine (C=N–C) groups is 1. The summed E-state index contributed by atoms with van der Waals surface area (Å²) in [5.74, 6) is 1.31. The minimum atomic E-state index is -0.0129. The number of ether oxygens (including phenoxy) is 1. The normalized spacial score (nSPS) is 23.9. The Bertz CT molecular complexity index is 509. The van der Waals surface area contributed by atoms with Crippen molar-refractivity contribution in [3.63, 3.8) is 0 Å². The monoisotopic (exact) mass is 394 g/mol. The molecule has 0 spiro atoms. The van der Waals surface area contributed by atoms with Crippen molar-refractivity contribution in [2.75, 3.05) is 85.2 Å². The summed E-state index contributed by atoms with van der Waals surface area (Å²) in [6.45, 7) is 16.1. The fourth-order valence-corrected chi connectivity index (χ4v) is 4.23. The van der Waals surface area contributed by atoms with E-state index in [0.717, 1.165) is 104 Å². The predicted octanol–water partition coefficient (Wildman–Crippen LogP) is -0.0874. The summed E-state index contributed by atoms with van der Waals surface area (Å²) in [5.41, 5.74) is 0. The number of carbonyl (C=O) groups is 1.